The first-order chi connectivity index (χ1) is 9.65. The zero-order valence-electron chi connectivity index (χ0n) is 11.5. The largest absolute Gasteiger partial charge is 0.393 e. The molecule has 1 aromatic carbocycles. The first kappa shape index (κ1) is 13.2. The van der Waals surface area contributed by atoms with Crippen molar-refractivity contribution < 1.29 is 4.92 Å². The van der Waals surface area contributed by atoms with Gasteiger partial charge in [-0.1, -0.05) is 0 Å². The maximum absolute atomic E-state index is 10.8. The molecule has 0 aliphatic carbocycles. The normalized spacial score (nSPS) is 23.4. The highest BCUT2D eigenvalue weighted by atomic mass is 16.6. The third-order valence-electron chi connectivity index (χ3n) is 4.38. The third kappa shape index (κ3) is 2.43. The maximum Gasteiger partial charge on any atom is 0.292 e. The van der Waals surface area contributed by atoms with Crippen LogP contribution in [0.3, 0.4) is 0 Å². The van der Waals surface area contributed by atoms with Crippen molar-refractivity contribution in [1.82, 2.24) is 4.90 Å². The minimum absolute atomic E-state index is 0.00827. The Balaban J connectivity index is 1.81. The number of nitro groups is 1. The molecule has 20 heavy (non-hydrogen) atoms. The van der Waals surface area contributed by atoms with E-state index in [1.807, 2.05) is 6.07 Å². The molecule has 0 bridgehead atoms. The molecule has 1 atom stereocenters. The Hall–Kier alpha value is -1.82. The first-order valence-corrected chi connectivity index (χ1v) is 7.18. The quantitative estimate of drug-likeness (QED) is 0.507. The summed E-state index contributed by atoms with van der Waals surface area (Å²) >= 11 is 0. The summed E-state index contributed by atoms with van der Waals surface area (Å²) in [6.45, 7) is 4.35. The van der Waals surface area contributed by atoms with E-state index < -0.39 is 4.92 Å². The fraction of sp³-hybridized carbons (Fsp3) is 0.571. The van der Waals surface area contributed by atoms with Crippen LogP contribution in [0, 0.1) is 10.1 Å². The van der Waals surface area contributed by atoms with Gasteiger partial charge in [-0.2, -0.15) is 0 Å². The van der Waals surface area contributed by atoms with Crippen molar-refractivity contribution in [1.29, 1.82) is 0 Å². The Bertz CT molecular complexity index is 520. The molecule has 108 valence electrons. The number of nitrogen functional groups attached to an aromatic ring is 1. The van der Waals surface area contributed by atoms with Gasteiger partial charge >= 0.3 is 0 Å². The summed E-state index contributed by atoms with van der Waals surface area (Å²) in [6, 6.07) is 5.69. The van der Waals surface area contributed by atoms with Gasteiger partial charge in [-0.3, -0.25) is 15.0 Å². The fourth-order valence-corrected chi connectivity index (χ4v) is 3.35. The average Bonchev–Trinajstić information content (AvgIpc) is 2.75. The molecular weight excluding hydrogens is 256 g/mol. The zero-order valence-corrected chi connectivity index (χ0v) is 11.5. The van der Waals surface area contributed by atoms with Gasteiger partial charge in [0.1, 0.15) is 5.69 Å². The lowest BCUT2D eigenvalue weighted by atomic mass is 10.2. The van der Waals surface area contributed by atoms with Crippen molar-refractivity contribution >= 4 is 17.1 Å². The van der Waals surface area contributed by atoms with Crippen LogP contribution in [0.15, 0.2) is 18.2 Å². The molecule has 0 radical (unpaired) electrons. The second kappa shape index (κ2) is 5.28. The standard InChI is InChI=1S/C14H20N4O2/c15-13-9-11(4-5-14(13)18(19)20)17-8-2-7-16-6-1-3-12(16)10-17/h4-5,9,12H,1-3,6-8,10,15H2. The lowest BCUT2D eigenvalue weighted by molar-refractivity contribution is -0.383. The summed E-state index contributed by atoms with van der Waals surface area (Å²) in [6.07, 6.45) is 3.66. The molecule has 6 heteroatoms. The van der Waals surface area contributed by atoms with Crippen LogP contribution in [0.25, 0.3) is 0 Å². The van der Waals surface area contributed by atoms with Crippen LogP contribution in [-0.4, -0.2) is 42.0 Å². The van der Waals surface area contributed by atoms with Gasteiger partial charge in [0.25, 0.3) is 5.69 Å². The van der Waals surface area contributed by atoms with Gasteiger partial charge in [0, 0.05) is 37.4 Å². The van der Waals surface area contributed by atoms with Crippen molar-refractivity contribution in [3.8, 4) is 0 Å². The van der Waals surface area contributed by atoms with Gasteiger partial charge in [0.15, 0.2) is 0 Å². The topological polar surface area (TPSA) is 75.6 Å². The summed E-state index contributed by atoms with van der Waals surface area (Å²) in [5.41, 5.74) is 7.04. The van der Waals surface area contributed by atoms with E-state index in [4.69, 9.17) is 5.73 Å². The van der Waals surface area contributed by atoms with Crippen LogP contribution in [0.5, 0.6) is 0 Å². The number of hydrogen-bond donors (Lipinski definition) is 1. The first-order valence-electron chi connectivity index (χ1n) is 7.18. The van der Waals surface area contributed by atoms with E-state index in [9.17, 15) is 10.1 Å². The van der Waals surface area contributed by atoms with Crippen molar-refractivity contribution in [2.24, 2.45) is 0 Å². The van der Waals surface area contributed by atoms with Crippen molar-refractivity contribution in [2.75, 3.05) is 36.8 Å². The second-order valence-electron chi connectivity index (χ2n) is 5.63. The van der Waals surface area contributed by atoms with Crippen molar-refractivity contribution in [2.45, 2.75) is 25.3 Å². The lowest BCUT2D eigenvalue weighted by Crippen LogP contribution is -2.36. The Labute approximate surface area is 118 Å². The molecule has 0 amide bonds. The summed E-state index contributed by atoms with van der Waals surface area (Å²) in [4.78, 5) is 15.3. The van der Waals surface area contributed by atoms with Crippen molar-refractivity contribution in [3.63, 3.8) is 0 Å². The highest BCUT2D eigenvalue weighted by Gasteiger charge is 2.29. The number of benzene rings is 1. The summed E-state index contributed by atoms with van der Waals surface area (Å²) < 4.78 is 0. The Kier molecular flexibility index (Phi) is 3.48. The molecule has 3 rings (SSSR count). The number of nitro benzene ring substituents is 1. The molecule has 1 unspecified atom stereocenters. The van der Waals surface area contributed by atoms with Crippen molar-refractivity contribution in [3.05, 3.63) is 28.3 Å². The van der Waals surface area contributed by atoms with E-state index in [2.05, 4.69) is 9.80 Å². The van der Waals surface area contributed by atoms with E-state index in [1.165, 1.54) is 25.5 Å². The van der Waals surface area contributed by atoms with Gasteiger partial charge in [-0.05, 0) is 37.9 Å². The molecule has 0 saturated carbocycles. The smallest absolute Gasteiger partial charge is 0.292 e. The van der Waals surface area contributed by atoms with E-state index in [0.29, 0.717) is 6.04 Å². The number of hydrogen-bond acceptors (Lipinski definition) is 5. The monoisotopic (exact) mass is 276 g/mol. The average molecular weight is 276 g/mol. The minimum Gasteiger partial charge on any atom is -0.393 e. The van der Waals surface area contributed by atoms with Gasteiger partial charge in [0.2, 0.25) is 0 Å². The molecule has 2 saturated heterocycles. The molecule has 2 aliphatic heterocycles. The van der Waals surface area contributed by atoms with Crippen LogP contribution in [-0.2, 0) is 0 Å². The third-order valence-corrected chi connectivity index (χ3v) is 4.38. The second-order valence-corrected chi connectivity index (χ2v) is 5.63. The molecule has 0 spiro atoms. The highest BCUT2D eigenvalue weighted by Crippen LogP contribution is 2.29. The molecule has 2 aliphatic rings. The van der Waals surface area contributed by atoms with Gasteiger partial charge in [0.05, 0.1) is 4.92 Å². The van der Waals surface area contributed by atoms with Gasteiger partial charge < -0.3 is 10.6 Å². The van der Waals surface area contributed by atoms with E-state index in [-0.39, 0.29) is 11.4 Å². The highest BCUT2D eigenvalue weighted by molar-refractivity contribution is 5.66. The molecule has 2 N–H and O–H groups in total. The zero-order chi connectivity index (χ0) is 14.1. The minimum atomic E-state index is -0.430. The van der Waals surface area contributed by atoms with E-state index in [1.54, 1.807) is 6.07 Å². The molecule has 2 heterocycles. The summed E-state index contributed by atoms with van der Waals surface area (Å²) in [7, 11) is 0. The number of nitrogens with zero attached hydrogens (tertiary/aromatic N) is 3. The van der Waals surface area contributed by atoms with Crippen LogP contribution < -0.4 is 10.6 Å². The van der Waals surface area contributed by atoms with E-state index in [0.717, 1.165) is 31.7 Å². The van der Waals surface area contributed by atoms with Gasteiger partial charge in [-0.25, -0.2) is 0 Å². The molecule has 0 aromatic heterocycles. The Morgan fingerprint density at radius 3 is 2.80 bits per heavy atom. The van der Waals surface area contributed by atoms with Crippen LogP contribution in [0.1, 0.15) is 19.3 Å². The van der Waals surface area contributed by atoms with Crippen LogP contribution in [0.4, 0.5) is 17.1 Å². The summed E-state index contributed by atoms with van der Waals surface area (Å²) in [5.74, 6) is 0. The SMILES string of the molecule is Nc1cc(N2CCCN3CCCC3C2)ccc1[N+](=O)[O-]. The predicted octanol–water partition coefficient (Wildman–Crippen LogP) is 1.85. The molecular formula is C14H20N4O2. The Morgan fingerprint density at radius 2 is 2.05 bits per heavy atom. The Morgan fingerprint density at radius 1 is 1.25 bits per heavy atom. The fourth-order valence-electron chi connectivity index (χ4n) is 3.35. The number of anilines is 2. The lowest BCUT2D eigenvalue weighted by Gasteiger charge is -2.27. The predicted molar refractivity (Wildman–Crippen MR) is 78.9 cm³/mol. The number of nitrogens with two attached hydrogens (primary N) is 1. The van der Waals surface area contributed by atoms with Crippen LogP contribution >= 0.6 is 0 Å². The number of fused-ring (bicyclic) bond motifs is 1. The summed E-state index contributed by atoms with van der Waals surface area (Å²) in [5, 5.41) is 10.8. The molecule has 6 nitrogen and oxygen atoms in total. The van der Waals surface area contributed by atoms with Crippen LogP contribution in [0.2, 0.25) is 0 Å². The molecule has 2 fully saturated rings. The molecule has 1 aromatic rings. The number of rotatable bonds is 2. The maximum atomic E-state index is 10.8. The van der Waals surface area contributed by atoms with E-state index >= 15 is 0 Å². The van der Waals surface area contributed by atoms with Gasteiger partial charge in [-0.15, -0.1) is 0 Å².